The molecular weight excluding hydrogens is 376 g/mol. The van der Waals surface area contributed by atoms with E-state index >= 15 is 0 Å². The van der Waals surface area contributed by atoms with Crippen molar-refractivity contribution in [3.05, 3.63) is 88.4 Å². The van der Waals surface area contributed by atoms with Crippen LogP contribution in [0.2, 0.25) is 5.02 Å². The number of aryl methyl sites for hydroxylation is 1. The van der Waals surface area contributed by atoms with Crippen LogP contribution in [0.5, 0.6) is 5.75 Å². The van der Waals surface area contributed by atoms with Gasteiger partial charge in [0.15, 0.2) is 0 Å². The van der Waals surface area contributed by atoms with E-state index in [1.54, 1.807) is 60.7 Å². The minimum atomic E-state index is -0.309. The minimum absolute atomic E-state index is 0.233. The summed E-state index contributed by atoms with van der Waals surface area (Å²) in [5.74, 6) is -0.0134. The fraction of sp³-hybridized carbons (Fsp3) is 0.0909. The number of anilines is 2. The number of carbonyl (C=O) groups is 2. The maximum absolute atomic E-state index is 12.6. The summed E-state index contributed by atoms with van der Waals surface area (Å²) in [6.45, 7) is 1.87. The molecule has 0 aliphatic heterocycles. The molecule has 0 unspecified atom stereocenters. The summed E-state index contributed by atoms with van der Waals surface area (Å²) in [7, 11) is 1.52. The molecule has 3 rings (SSSR count). The van der Waals surface area contributed by atoms with Crippen molar-refractivity contribution in [2.45, 2.75) is 6.92 Å². The van der Waals surface area contributed by atoms with Crippen LogP contribution in [0.4, 0.5) is 11.4 Å². The molecule has 0 aliphatic rings. The molecule has 0 aromatic heterocycles. The molecule has 6 heteroatoms. The second kappa shape index (κ2) is 8.59. The van der Waals surface area contributed by atoms with E-state index in [2.05, 4.69) is 10.6 Å². The largest absolute Gasteiger partial charge is 0.495 e. The van der Waals surface area contributed by atoms with Gasteiger partial charge in [-0.3, -0.25) is 9.59 Å². The molecule has 142 valence electrons. The summed E-state index contributed by atoms with van der Waals surface area (Å²) in [6.07, 6.45) is 0. The van der Waals surface area contributed by atoms with Gasteiger partial charge in [0, 0.05) is 22.5 Å². The first kappa shape index (κ1) is 19.5. The van der Waals surface area contributed by atoms with Crippen LogP contribution in [-0.4, -0.2) is 18.9 Å². The van der Waals surface area contributed by atoms with Crippen LogP contribution in [0.3, 0.4) is 0 Å². The smallest absolute Gasteiger partial charge is 0.255 e. The lowest BCUT2D eigenvalue weighted by Crippen LogP contribution is -2.15. The Hall–Kier alpha value is -3.31. The molecule has 28 heavy (non-hydrogen) atoms. The highest BCUT2D eigenvalue weighted by molar-refractivity contribution is 6.32. The van der Waals surface area contributed by atoms with E-state index in [-0.39, 0.29) is 11.8 Å². The molecule has 2 N–H and O–H groups in total. The van der Waals surface area contributed by atoms with E-state index in [0.717, 1.165) is 5.56 Å². The Kier molecular flexibility index (Phi) is 5.96. The highest BCUT2D eigenvalue weighted by Crippen LogP contribution is 2.27. The van der Waals surface area contributed by atoms with Crippen molar-refractivity contribution in [3.8, 4) is 5.75 Å². The van der Waals surface area contributed by atoms with Gasteiger partial charge in [0.2, 0.25) is 0 Å². The summed E-state index contributed by atoms with van der Waals surface area (Å²) in [5.41, 5.74) is 2.94. The zero-order chi connectivity index (χ0) is 20.1. The number of carbonyl (C=O) groups excluding carboxylic acids is 2. The maximum Gasteiger partial charge on any atom is 0.255 e. The normalized spacial score (nSPS) is 10.2. The predicted octanol–water partition coefficient (Wildman–Crippen LogP) is 5.16. The van der Waals surface area contributed by atoms with E-state index in [0.29, 0.717) is 33.3 Å². The molecular formula is C22H19ClN2O3. The standard InChI is InChI=1S/C22H19ClN2O3/c1-14-8-9-16(12-19(14)25-21(26)15-6-4-3-5-7-15)22(27)24-17-10-11-20(28-2)18(23)13-17/h3-13H,1-2H3,(H,24,27)(H,25,26). The summed E-state index contributed by atoms with van der Waals surface area (Å²) < 4.78 is 5.11. The molecule has 0 saturated carbocycles. The number of benzene rings is 3. The average Bonchev–Trinajstić information content (AvgIpc) is 2.70. The Morgan fingerprint density at radius 3 is 2.25 bits per heavy atom. The Bertz CT molecular complexity index is 1020. The lowest BCUT2D eigenvalue weighted by atomic mass is 10.1. The molecule has 0 heterocycles. The number of nitrogens with one attached hydrogen (secondary N) is 2. The molecule has 2 amide bonds. The van der Waals surface area contributed by atoms with Gasteiger partial charge in [-0.25, -0.2) is 0 Å². The average molecular weight is 395 g/mol. The highest BCUT2D eigenvalue weighted by atomic mass is 35.5. The SMILES string of the molecule is COc1ccc(NC(=O)c2ccc(C)c(NC(=O)c3ccccc3)c2)cc1Cl. The molecule has 3 aromatic rings. The topological polar surface area (TPSA) is 67.4 Å². The van der Waals surface area contributed by atoms with Crippen molar-refractivity contribution in [1.29, 1.82) is 0 Å². The molecule has 0 saturated heterocycles. The van der Waals surface area contributed by atoms with Gasteiger partial charge in [0.05, 0.1) is 12.1 Å². The van der Waals surface area contributed by atoms with Crippen LogP contribution in [0.1, 0.15) is 26.3 Å². The van der Waals surface area contributed by atoms with Crippen LogP contribution < -0.4 is 15.4 Å². The lowest BCUT2D eigenvalue weighted by molar-refractivity contribution is 0.101. The van der Waals surface area contributed by atoms with E-state index < -0.39 is 0 Å². The number of ether oxygens (including phenoxy) is 1. The predicted molar refractivity (Wildman–Crippen MR) is 112 cm³/mol. The van der Waals surface area contributed by atoms with Gasteiger partial charge in [-0.1, -0.05) is 35.9 Å². The molecule has 0 spiro atoms. The number of methoxy groups -OCH3 is 1. The molecule has 0 aliphatic carbocycles. The van der Waals surface area contributed by atoms with Crippen molar-refractivity contribution < 1.29 is 14.3 Å². The van der Waals surface area contributed by atoms with Gasteiger partial charge in [0.25, 0.3) is 11.8 Å². The van der Waals surface area contributed by atoms with Gasteiger partial charge < -0.3 is 15.4 Å². The third-order valence-electron chi connectivity index (χ3n) is 4.19. The van der Waals surface area contributed by atoms with Crippen molar-refractivity contribution in [3.63, 3.8) is 0 Å². The summed E-state index contributed by atoms with van der Waals surface area (Å²) in [4.78, 5) is 25.0. The second-order valence-corrected chi connectivity index (χ2v) is 6.56. The van der Waals surface area contributed by atoms with Gasteiger partial charge in [-0.05, 0) is 55.0 Å². The van der Waals surface area contributed by atoms with Crippen LogP contribution in [0, 0.1) is 6.92 Å². The summed E-state index contributed by atoms with van der Waals surface area (Å²) >= 11 is 6.10. The monoisotopic (exact) mass is 394 g/mol. The number of amides is 2. The molecule has 0 bridgehead atoms. The number of hydrogen-bond acceptors (Lipinski definition) is 3. The quantitative estimate of drug-likeness (QED) is 0.628. The van der Waals surface area contributed by atoms with Crippen LogP contribution in [-0.2, 0) is 0 Å². The number of halogens is 1. The van der Waals surface area contributed by atoms with Gasteiger partial charge >= 0.3 is 0 Å². The molecule has 3 aromatic carbocycles. The highest BCUT2D eigenvalue weighted by Gasteiger charge is 2.12. The third-order valence-corrected chi connectivity index (χ3v) is 4.49. The minimum Gasteiger partial charge on any atom is -0.495 e. The van der Waals surface area contributed by atoms with Crippen LogP contribution in [0.15, 0.2) is 66.7 Å². The van der Waals surface area contributed by atoms with E-state index in [4.69, 9.17) is 16.3 Å². The van der Waals surface area contributed by atoms with Crippen LogP contribution in [0.25, 0.3) is 0 Å². The number of hydrogen-bond donors (Lipinski definition) is 2. The second-order valence-electron chi connectivity index (χ2n) is 6.15. The molecule has 0 atom stereocenters. The van der Waals surface area contributed by atoms with Gasteiger partial charge in [-0.2, -0.15) is 0 Å². The summed E-state index contributed by atoms with van der Waals surface area (Å²) in [6, 6.07) is 19.0. The van der Waals surface area contributed by atoms with E-state index in [1.165, 1.54) is 7.11 Å². The van der Waals surface area contributed by atoms with Gasteiger partial charge in [0.1, 0.15) is 5.75 Å². The Balaban J connectivity index is 1.77. The first-order valence-electron chi connectivity index (χ1n) is 8.60. The van der Waals surface area contributed by atoms with Gasteiger partial charge in [-0.15, -0.1) is 0 Å². The summed E-state index contributed by atoms with van der Waals surface area (Å²) in [5, 5.41) is 6.05. The maximum atomic E-state index is 12.6. The Labute approximate surface area is 168 Å². The molecule has 5 nitrogen and oxygen atoms in total. The lowest BCUT2D eigenvalue weighted by Gasteiger charge is -2.12. The zero-order valence-electron chi connectivity index (χ0n) is 15.5. The van der Waals surface area contributed by atoms with E-state index in [1.807, 2.05) is 13.0 Å². The van der Waals surface area contributed by atoms with Crippen molar-refractivity contribution in [2.24, 2.45) is 0 Å². The van der Waals surface area contributed by atoms with Crippen molar-refractivity contribution in [2.75, 3.05) is 17.7 Å². The van der Waals surface area contributed by atoms with Crippen molar-refractivity contribution >= 4 is 34.8 Å². The fourth-order valence-corrected chi connectivity index (χ4v) is 2.89. The molecule has 0 radical (unpaired) electrons. The fourth-order valence-electron chi connectivity index (χ4n) is 2.63. The number of rotatable bonds is 5. The van der Waals surface area contributed by atoms with Crippen LogP contribution >= 0.6 is 11.6 Å². The van der Waals surface area contributed by atoms with E-state index in [9.17, 15) is 9.59 Å². The molecule has 0 fully saturated rings. The first-order chi connectivity index (χ1) is 13.5. The first-order valence-corrected chi connectivity index (χ1v) is 8.97. The Morgan fingerprint density at radius 2 is 1.57 bits per heavy atom. The zero-order valence-corrected chi connectivity index (χ0v) is 16.2. The van der Waals surface area contributed by atoms with Crippen molar-refractivity contribution in [1.82, 2.24) is 0 Å². The Morgan fingerprint density at radius 1 is 0.857 bits per heavy atom. The third kappa shape index (κ3) is 4.50.